The van der Waals surface area contributed by atoms with Gasteiger partial charge in [0.15, 0.2) is 0 Å². The van der Waals surface area contributed by atoms with E-state index in [9.17, 15) is 10.1 Å². The van der Waals surface area contributed by atoms with Gasteiger partial charge in [0.1, 0.15) is 0 Å². The zero-order valence-corrected chi connectivity index (χ0v) is 6.86. The van der Waals surface area contributed by atoms with E-state index < -0.39 is 10.7 Å². The van der Waals surface area contributed by atoms with Gasteiger partial charge in [-0.05, 0) is 0 Å². The average molecular weight is 186 g/mol. The molecule has 0 fully saturated rings. The van der Waals surface area contributed by atoms with Crippen molar-refractivity contribution >= 4 is 18.3 Å². The maximum atomic E-state index is 10.3. The fraction of sp³-hybridized carbons (Fsp3) is 0.167. The van der Waals surface area contributed by atoms with Gasteiger partial charge in [-0.1, -0.05) is 0 Å². The van der Waals surface area contributed by atoms with E-state index in [0.29, 0.717) is 11.4 Å². The predicted molar refractivity (Wildman–Crippen MR) is 45.2 cm³/mol. The number of aromatic nitrogens is 1. The molecule has 0 amide bonds. The number of rotatable bonds is 2. The number of nitro groups is 1. The first-order valence-corrected chi connectivity index (χ1v) is 3.71. The molecule has 0 spiro atoms. The summed E-state index contributed by atoms with van der Waals surface area (Å²) in [5.74, 6) is -0.119. The van der Waals surface area contributed by atoms with Crippen molar-refractivity contribution in [1.82, 2.24) is 4.98 Å². The van der Waals surface area contributed by atoms with Crippen LogP contribution in [-0.4, -0.2) is 15.0 Å². The van der Waals surface area contributed by atoms with Gasteiger partial charge in [-0.2, -0.15) is 12.6 Å². The van der Waals surface area contributed by atoms with E-state index in [1.807, 2.05) is 0 Å². The summed E-state index contributed by atoms with van der Waals surface area (Å²) in [5, 5.41) is 19.3. The molecule has 0 bridgehead atoms. The first-order valence-electron chi connectivity index (χ1n) is 3.08. The molecule has 12 heavy (non-hydrogen) atoms. The van der Waals surface area contributed by atoms with Crippen LogP contribution in [0.5, 0.6) is 5.75 Å². The number of thiol groups is 1. The van der Waals surface area contributed by atoms with Gasteiger partial charge in [0.05, 0.1) is 16.8 Å². The van der Waals surface area contributed by atoms with Crippen molar-refractivity contribution in [2.75, 3.05) is 0 Å². The minimum Gasteiger partial charge on any atom is -0.501 e. The molecule has 1 heterocycles. The van der Waals surface area contributed by atoms with Crippen LogP contribution in [0.4, 0.5) is 5.69 Å². The molecule has 64 valence electrons. The Morgan fingerprint density at radius 3 is 2.92 bits per heavy atom. The standard InChI is InChI=1S/C6H6N2O3S/c9-6-2-7-4(3-12)1-5(6)8(10)11/h1-2,9,12H,3H2. The molecule has 1 rings (SSSR count). The zero-order valence-electron chi connectivity index (χ0n) is 5.97. The lowest BCUT2D eigenvalue weighted by molar-refractivity contribution is -0.386. The van der Waals surface area contributed by atoms with Crippen molar-refractivity contribution in [2.24, 2.45) is 0 Å². The van der Waals surface area contributed by atoms with Crippen LogP contribution >= 0.6 is 12.6 Å². The summed E-state index contributed by atoms with van der Waals surface area (Å²) in [4.78, 5) is 13.3. The molecule has 0 aromatic carbocycles. The van der Waals surface area contributed by atoms with Crippen LogP contribution in [0.15, 0.2) is 12.3 Å². The molecule has 0 saturated carbocycles. The third-order valence-corrected chi connectivity index (χ3v) is 1.60. The Kier molecular flexibility index (Phi) is 2.49. The Labute approximate surface area is 73.6 Å². The maximum absolute atomic E-state index is 10.3. The average Bonchev–Trinajstić information content (AvgIpc) is 2.05. The molecule has 1 aromatic heterocycles. The second-order valence-electron chi connectivity index (χ2n) is 2.08. The molecular formula is C6H6N2O3S. The summed E-state index contributed by atoms with van der Waals surface area (Å²) in [6.07, 6.45) is 1.05. The molecular weight excluding hydrogens is 180 g/mol. The van der Waals surface area contributed by atoms with E-state index in [4.69, 9.17) is 5.11 Å². The Morgan fingerprint density at radius 2 is 2.42 bits per heavy atom. The molecule has 0 aliphatic heterocycles. The number of aromatic hydroxyl groups is 1. The Morgan fingerprint density at radius 1 is 1.75 bits per heavy atom. The summed E-state index contributed by atoms with van der Waals surface area (Å²) in [6, 6.07) is 1.20. The van der Waals surface area contributed by atoms with Crippen molar-refractivity contribution in [3.05, 3.63) is 28.1 Å². The highest BCUT2D eigenvalue weighted by Crippen LogP contribution is 2.24. The zero-order chi connectivity index (χ0) is 9.14. The summed E-state index contributed by atoms with van der Waals surface area (Å²) in [5.41, 5.74) is 0.122. The van der Waals surface area contributed by atoms with Crippen molar-refractivity contribution in [2.45, 2.75) is 5.75 Å². The third-order valence-electron chi connectivity index (χ3n) is 1.28. The van der Waals surface area contributed by atoms with E-state index in [0.717, 1.165) is 6.20 Å². The van der Waals surface area contributed by atoms with E-state index in [2.05, 4.69) is 17.6 Å². The fourth-order valence-electron chi connectivity index (χ4n) is 0.712. The Hall–Kier alpha value is -1.30. The van der Waals surface area contributed by atoms with Crippen LogP contribution < -0.4 is 0 Å². The molecule has 5 nitrogen and oxygen atoms in total. The minimum atomic E-state index is -0.663. The first-order chi connectivity index (χ1) is 5.65. The molecule has 1 aromatic rings. The van der Waals surface area contributed by atoms with Gasteiger partial charge in [-0.15, -0.1) is 0 Å². The smallest absolute Gasteiger partial charge is 0.314 e. The summed E-state index contributed by atoms with van der Waals surface area (Å²) < 4.78 is 0. The molecule has 0 aliphatic carbocycles. The summed E-state index contributed by atoms with van der Waals surface area (Å²) in [7, 11) is 0. The topological polar surface area (TPSA) is 76.3 Å². The lowest BCUT2D eigenvalue weighted by Crippen LogP contribution is -1.92. The van der Waals surface area contributed by atoms with Crippen molar-refractivity contribution in [3.63, 3.8) is 0 Å². The van der Waals surface area contributed by atoms with E-state index in [1.165, 1.54) is 6.07 Å². The van der Waals surface area contributed by atoms with Crippen LogP contribution in [0.3, 0.4) is 0 Å². The largest absolute Gasteiger partial charge is 0.501 e. The highest BCUT2D eigenvalue weighted by molar-refractivity contribution is 7.79. The lowest BCUT2D eigenvalue weighted by atomic mass is 10.3. The summed E-state index contributed by atoms with van der Waals surface area (Å²) >= 11 is 3.89. The van der Waals surface area contributed by atoms with Crippen LogP contribution in [0, 0.1) is 10.1 Å². The van der Waals surface area contributed by atoms with Gasteiger partial charge >= 0.3 is 5.69 Å². The first kappa shape index (κ1) is 8.79. The third kappa shape index (κ3) is 1.65. The highest BCUT2D eigenvalue weighted by atomic mass is 32.1. The maximum Gasteiger partial charge on any atom is 0.314 e. The van der Waals surface area contributed by atoms with Crippen molar-refractivity contribution < 1.29 is 10.0 Å². The molecule has 0 radical (unpaired) electrons. The molecule has 6 heteroatoms. The highest BCUT2D eigenvalue weighted by Gasteiger charge is 2.13. The fourth-order valence-corrected chi connectivity index (χ4v) is 0.885. The van der Waals surface area contributed by atoms with Gasteiger partial charge in [-0.3, -0.25) is 15.1 Å². The van der Waals surface area contributed by atoms with Crippen molar-refractivity contribution in [1.29, 1.82) is 0 Å². The van der Waals surface area contributed by atoms with Gasteiger partial charge < -0.3 is 5.11 Å². The second-order valence-corrected chi connectivity index (χ2v) is 2.40. The Bertz CT molecular complexity index is 316. The second kappa shape index (κ2) is 3.40. The van der Waals surface area contributed by atoms with E-state index in [-0.39, 0.29) is 5.69 Å². The number of nitrogens with zero attached hydrogens (tertiary/aromatic N) is 2. The SMILES string of the molecule is O=[N+]([O-])c1cc(CS)ncc1O. The molecule has 0 unspecified atom stereocenters. The predicted octanol–water partition coefficient (Wildman–Crippen LogP) is 1.13. The van der Waals surface area contributed by atoms with Gasteiger partial charge in [0.25, 0.3) is 0 Å². The molecule has 0 atom stereocenters. The van der Waals surface area contributed by atoms with Gasteiger partial charge in [0.2, 0.25) is 5.75 Å². The molecule has 1 N–H and O–H groups in total. The lowest BCUT2D eigenvalue weighted by Gasteiger charge is -1.96. The minimum absolute atomic E-state index is 0.307. The molecule has 0 aliphatic rings. The molecule has 0 saturated heterocycles. The number of pyridine rings is 1. The quantitative estimate of drug-likeness (QED) is 0.412. The Balaban J connectivity index is 3.17. The summed E-state index contributed by atoms with van der Waals surface area (Å²) in [6.45, 7) is 0. The number of hydrogen-bond acceptors (Lipinski definition) is 5. The van der Waals surface area contributed by atoms with Crippen LogP contribution in [0.1, 0.15) is 5.69 Å². The van der Waals surface area contributed by atoms with E-state index in [1.54, 1.807) is 0 Å². The van der Waals surface area contributed by atoms with Gasteiger partial charge in [0, 0.05) is 11.8 Å². The van der Waals surface area contributed by atoms with Crippen LogP contribution in [0.25, 0.3) is 0 Å². The van der Waals surface area contributed by atoms with Gasteiger partial charge in [-0.25, -0.2) is 0 Å². The number of hydrogen-bond donors (Lipinski definition) is 2. The van der Waals surface area contributed by atoms with Crippen LogP contribution in [-0.2, 0) is 5.75 Å². The normalized spacial score (nSPS) is 9.75. The van der Waals surface area contributed by atoms with E-state index >= 15 is 0 Å². The van der Waals surface area contributed by atoms with Crippen LogP contribution in [0.2, 0.25) is 0 Å². The van der Waals surface area contributed by atoms with Crippen molar-refractivity contribution in [3.8, 4) is 5.75 Å². The monoisotopic (exact) mass is 186 g/mol.